The number of aromatic nitrogens is 3. The Kier molecular flexibility index (Phi) is 5.43. The second-order valence-corrected chi connectivity index (χ2v) is 7.06. The molecule has 1 amide bonds. The number of likely N-dealkylation sites (tertiary alicyclic amines) is 1. The van der Waals surface area contributed by atoms with Gasteiger partial charge in [0.25, 0.3) is 0 Å². The number of carbonyl (C=O) groups is 1. The number of hydrogen-bond donors (Lipinski definition) is 2. The number of aromatic amines is 1. The number of H-pyrrole nitrogens is 1. The summed E-state index contributed by atoms with van der Waals surface area (Å²) in [6, 6.07) is 7.64. The molecule has 8 heteroatoms. The largest absolute Gasteiger partial charge is 0.355 e. The quantitative estimate of drug-likeness (QED) is 0.850. The minimum Gasteiger partial charge on any atom is -0.349 e. The van der Waals surface area contributed by atoms with Gasteiger partial charge in [0.1, 0.15) is 0 Å². The molecule has 1 saturated heterocycles. The molecule has 2 aromatic rings. The van der Waals surface area contributed by atoms with Gasteiger partial charge in [-0.1, -0.05) is 29.8 Å². The molecule has 1 aromatic carbocycles. The number of amides is 1. The van der Waals surface area contributed by atoms with Crippen LogP contribution in [0.4, 0.5) is 5.95 Å². The van der Waals surface area contributed by atoms with Crippen LogP contribution >= 0.6 is 0 Å². The summed E-state index contributed by atoms with van der Waals surface area (Å²) >= 11 is 0. The third-order valence-corrected chi connectivity index (χ3v) is 5.03. The molecule has 1 aliphatic rings. The van der Waals surface area contributed by atoms with Gasteiger partial charge in [-0.25, -0.2) is 14.2 Å². The Bertz CT molecular complexity index is 910. The van der Waals surface area contributed by atoms with E-state index in [1.165, 1.54) is 11.5 Å². The predicted octanol–water partition coefficient (Wildman–Crippen LogP) is 1.60. The van der Waals surface area contributed by atoms with Crippen molar-refractivity contribution < 1.29 is 4.79 Å². The molecule has 0 saturated carbocycles. The zero-order chi connectivity index (χ0) is 19.6. The number of rotatable bonds is 4. The second-order valence-electron chi connectivity index (χ2n) is 7.06. The first-order valence-corrected chi connectivity index (χ1v) is 9.16. The van der Waals surface area contributed by atoms with Crippen molar-refractivity contribution in [3.8, 4) is 0 Å². The van der Waals surface area contributed by atoms with Crippen molar-refractivity contribution in [2.45, 2.75) is 45.7 Å². The van der Waals surface area contributed by atoms with Crippen LogP contribution in [0.1, 0.15) is 49.9 Å². The molecule has 0 radical (unpaired) electrons. The Hall–Kier alpha value is -2.90. The molecule has 0 aliphatic carbocycles. The van der Waals surface area contributed by atoms with Crippen LogP contribution in [-0.2, 0) is 4.79 Å². The van der Waals surface area contributed by atoms with Crippen LogP contribution in [0.5, 0.6) is 0 Å². The van der Waals surface area contributed by atoms with Crippen LogP contribution < -0.4 is 16.7 Å². The topological polar surface area (TPSA) is 100 Å². The van der Waals surface area contributed by atoms with Crippen LogP contribution in [0.2, 0.25) is 0 Å². The highest BCUT2D eigenvalue weighted by atomic mass is 16.2. The molecule has 144 valence electrons. The first-order valence-electron chi connectivity index (χ1n) is 9.16. The highest BCUT2D eigenvalue weighted by Crippen LogP contribution is 2.20. The summed E-state index contributed by atoms with van der Waals surface area (Å²) in [5.41, 5.74) is 1.13. The van der Waals surface area contributed by atoms with E-state index >= 15 is 0 Å². The maximum absolute atomic E-state index is 12.5. The van der Waals surface area contributed by atoms with Gasteiger partial charge in [0.15, 0.2) is 0 Å². The number of benzene rings is 1. The van der Waals surface area contributed by atoms with E-state index < -0.39 is 11.4 Å². The lowest BCUT2D eigenvalue weighted by Gasteiger charge is -2.31. The van der Waals surface area contributed by atoms with Crippen molar-refractivity contribution in [2.75, 3.05) is 18.4 Å². The van der Waals surface area contributed by atoms with E-state index in [1.807, 2.05) is 38.1 Å². The molecule has 1 aliphatic heterocycles. The van der Waals surface area contributed by atoms with E-state index in [1.54, 1.807) is 4.90 Å². The summed E-state index contributed by atoms with van der Waals surface area (Å²) in [4.78, 5) is 44.8. The van der Waals surface area contributed by atoms with Crippen LogP contribution in [0.15, 0.2) is 33.9 Å². The van der Waals surface area contributed by atoms with Gasteiger partial charge in [-0.3, -0.25) is 9.78 Å². The monoisotopic (exact) mass is 371 g/mol. The number of nitrogens with one attached hydrogen (secondary N) is 2. The Balaban J connectivity index is 1.76. The molecule has 1 atom stereocenters. The first-order chi connectivity index (χ1) is 12.8. The van der Waals surface area contributed by atoms with E-state index in [0.29, 0.717) is 25.9 Å². The number of carbonyl (C=O) groups excluding carboxylic acids is 1. The van der Waals surface area contributed by atoms with E-state index in [2.05, 4.69) is 15.3 Å². The zero-order valence-corrected chi connectivity index (χ0v) is 15.9. The Morgan fingerprint density at radius 2 is 2.00 bits per heavy atom. The van der Waals surface area contributed by atoms with E-state index in [0.717, 1.165) is 11.1 Å². The van der Waals surface area contributed by atoms with E-state index in [9.17, 15) is 14.4 Å². The molecule has 1 aromatic heterocycles. The lowest BCUT2D eigenvalue weighted by molar-refractivity contribution is -0.130. The van der Waals surface area contributed by atoms with Crippen molar-refractivity contribution in [1.82, 2.24) is 19.4 Å². The number of nitrogens with zero attached hydrogens (tertiary/aromatic N) is 3. The zero-order valence-electron chi connectivity index (χ0n) is 15.9. The lowest BCUT2D eigenvalue weighted by Crippen LogP contribution is -2.45. The molecule has 2 heterocycles. The highest BCUT2D eigenvalue weighted by Gasteiger charge is 2.25. The fourth-order valence-corrected chi connectivity index (χ4v) is 3.48. The van der Waals surface area contributed by atoms with E-state index in [-0.39, 0.29) is 23.9 Å². The summed E-state index contributed by atoms with van der Waals surface area (Å²) in [6.07, 6.45) is 1.13. The maximum atomic E-state index is 12.5. The number of aryl methyl sites for hydroxylation is 1. The fourth-order valence-electron chi connectivity index (χ4n) is 3.48. The average Bonchev–Trinajstić information content (AvgIpc) is 2.61. The van der Waals surface area contributed by atoms with E-state index in [4.69, 9.17) is 0 Å². The average molecular weight is 371 g/mol. The number of anilines is 1. The third kappa shape index (κ3) is 4.27. The molecule has 1 fully saturated rings. The van der Waals surface area contributed by atoms with Gasteiger partial charge in [0.05, 0.1) is 6.04 Å². The SMILES string of the molecule is CC(=O)N1CCC(n2c(=O)nc(N[C@@H](C)c3cccc(C)c3)[nH]c2=O)CC1. The summed E-state index contributed by atoms with van der Waals surface area (Å²) in [6.45, 7) is 6.55. The molecule has 0 bridgehead atoms. The molecule has 8 nitrogen and oxygen atoms in total. The van der Waals surface area contributed by atoms with Gasteiger partial charge in [-0.2, -0.15) is 4.98 Å². The minimum absolute atomic E-state index is 0.0116. The third-order valence-electron chi connectivity index (χ3n) is 5.03. The summed E-state index contributed by atoms with van der Waals surface area (Å²) in [7, 11) is 0. The molecular formula is C19H25N5O3. The Morgan fingerprint density at radius 1 is 1.30 bits per heavy atom. The second kappa shape index (κ2) is 7.77. The van der Waals surface area contributed by atoms with Crippen LogP contribution in [0.25, 0.3) is 0 Å². The van der Waals surface area contributed by atoms with Crippen molar-refractivity contribution in [3.05, 3.63) is 56.4 Å². The predicted molar refractivity (Wildman–Crippen MR) is 103 cm³/mol. The van der Waals surface area contributed by atoms with Gasteiger partial charge in [-0.15, -0.1) is 0 Å². The van der Waals surface area contributed by atoms with Crippen LogP contribution in [0, 0.1) is 6.92 Å². The van der Waals surface area contributed by atoms with Gasteiger partial charge < -0.3 is 10.2 Å². The first kappa shape index (κ1) is 18.9. The molecule has 0 unspecified atom stereocenters. The van der Waals surface area contributed by atoms with Crippen molar-refractivity contribution in [3.63, 3.8) is 0 Å². The summed E-state index contributed by atoms with van der Waals surface area (Å²) in [5.74, 6) is 0.175. The molecule has 27 heavy (non-hydrogen) atoms. The van der Waals surface area contributed by atoms with Crippen molar-refractivity contribution in [1.29, 1.82) is 0 Å². The molecule has 0 spiro atoms. The fraction of sp³-hybridized carbons (Fsp3) is 0.474. The van der Waals surface area contributed by atoms with Gasteiger partial charge >= 0.3 is 11.4 Å². The van der Waals surface area contributed by atoms with Crippen LogP contribution in [0.3, 0.4) is 0 Å². The normalized spacial score (nSPS) is 16.2. The maximum Gasteiger partial charge on any atom is 0.355 e. The van der Waals surface area contributed by atoms with Gasteiger partial charge in [0.2, 0.25) is 11.9 Å². The lowest BCUT2D eigenvalue weighted by atomic mass is 10.1. The summed E-state index contributed by atoms with van der Waals surface area (Å²) in [5, 5.41) is 3.09. The van der Waals surface area contributed by atoms with Crippen molar-refractivity contribution >= 4 is 11.9 Å². The van der Waals surface area contributed by atoms with Gasteiger partial charge in [0, 0.05) is 26.1 Å². The highest BCUT2D eigenvalue weighted by molar-refractivity contribution is 5.73. The number of hydrogen-bond acceptors (Lipinski definition) is 5. The van der Waals surface area contributed by atoms with Crippen LogP contribution in [-0.4, -0.2) is 38.4 Å². The molecule has 3 rings (SSSR count). The Labute approximate surface area is 157 Å². The smallest absolute Gasteiger partial charge is 0.349 e. The number of piperidine rings is 1. The summed E-state index contributed by atoms with van der Waals surface area (Å²) < 4.78 is 1.17. The van der Waals surface area contributed by atoms with Gasteiger partial charge in [-0.05, 0) is 32.3 Å². The van der Waals surface area contributed by atoms with Crippen molar-refractivity contribution in [2.24, 2.45) is 0 Å². The minimum atomic E-state index is -0.570. The molecular weight excluding hydrogens is 346 g/mol. The molecule has 2 N–H and O–H groups in total. The standard InChI is InChI=1S/C19H25N5O3/c1-12-5-4-6-15(11-12)13(2)20-17-21-18(26)24(19(27)22-17)16-7-9-23(10-8-16)14(3)25/h4-6,11,13,16H,7-10H2,1-3H3,(H2,20,21,22,26,27)/t13-/m0/s1. The Morgan fingerprint density at radius 3 is 2.59 bits per heavy atom.